The van der Waals surface area contributed by atoms with Crippen molar-refractivity contribution in [3.63, 3.8) is 0 Å². The first-order valence-corrected chi connectivity index (χ1v) is 14.1. The van der Waals surface area contributed by atoms with Gasteiger partial charge in [-0.2, -0.15) is 0 Å². The summed E-state index contributed by atoms with van der Waals surface area (Å²) in [5.74, 6) is -0.790. The number of rotatable bonds is 11. The first-order chi connectivity index (χ1) is 16.4. The largest absolute Gasteiger partial charge is 0.352 e. The fraction of sp³-hybridized carbons (Fsp3) is 0.440. The molecule has 35 heavy (non-hydrogen) atoms. The minimum atomic E-state index is -3.87. The Kier molecular flexibility index (Phi) is 10.4. The molecular weight excluding hydrogens is 509 g/mol. The Hall–Kier alpha value is -2.29. The standard InChI is InChI=1S/C25H33Cl2N3O4S/c1-6-18(4)28-25(32)23(7-2)29(15-19-11-9-8-10-17(19)3)24(31)16-30(35(5,33)34)22-13-20(26)12-21(27)14-22/h8-14,18,23H,6-7,15-16H2,1-5H3,(H,28,32). The molecule has 0 saturated carbocycles. The summed E-state index contributed by atoms with van der Waals surface area (Å²) in [5.41, 5.74) is 2.00. The van der Waals surface area contributed by atoms with E-state index in [0.717, 1.165) is 28.1 Å². The number of halogens is 2. The average molecular weight is 543 g/mol. The van der Waals surface area contributed by atoms with Gasteiger partial charge in [-0.15, -0.1) is 0 Å². The summed E-state index contributed by atoms with van der Waals surface area (Å²) >= 11 is 12.2. The summed E-state index contributed by atoms with van der Waals surface area (Å²) in [6, 6.07) is 11.1. The lowest BCUT2D eigenvalue weighted by molar-refractivity contribution is -0.140. The maximum Gasteiger partial charge on any atom is 0.244 e. The van der Waals surface area contributed by atoms with Crippen molar-refractivity contribution in [1.82, 2.24) is 10.2 Å². The Balaban J connectivity index is 2.49. The quantitative estimate of drug-likeness (QED) is 0.443. The molecule has 0 bridgehead atoms. The van der Waals surface area contributed by atoms with Crippen LogP contribution in [0.15, 0.2) is 42.5 Å². The van der Waals surface area contributed by atoms with Crippen molar-refractivity contribution in [3.8, 4) is 0 Å². The second-order valence-corrected chi connectivity index (χ2v) is 11.4. The van der Waals surface area contributed by atoms with E-state index < -0.39 is 28.5 Å². The van der Waals surface area contributed by atoms with E-state index in [2.05, 4.69) is 5.32 Å². The Morgan fingerprint density at radius 2 is 1.63 bits per heavy atom. The molecule has 0 aromatic heterocycles. The molecule has 2 amide bonds. The number of carbonyl (C=O) groups is 2. The van der Waals surface area contributed by atoms with Crippen LogP contribution in [0, 0.1) is 6.92 Å². The summed E-state index contributed by atoms with van der Waals surface area (Å²) in [7, 11) is -3.87. The number of benzene rings is 2. The van der Waals surface area contributed by atoms with Gasteiger partial charge >= 0.3 is 0 Å². The number of nitrogens with zero attached hydrogens (tertiary/aromatic N) is 2. The van der Waals surface area contributed by atoms with Crippen LogP contribution in [-0.2, 0) is 26.2 Å². The van der Waals surface area contributed by atoms with E-state index >= 15 is 0 Å². The molecule has 2 rings (SSSR count). The summed E-state index contributed by atoms with van der Waals surface area (Å²) in [4.78, 5) is 28.3. The van der Waals surface area contributed by atoms with E-state index in [1.807, 2.05) is 52.0 Å². The lowest BCUT2D eigenvalue weighted by Crippen LogP contribution is -2.53. The molecule has 0 saturated heterocycles. The second-order valence-electron chi connectivity index (χ2n) is 8.59. The van der Waals surface area contributed by atoms with Gasteiger partial charge in [-0.1, -0.05) is 61.3 Å². The van der Waals surface area contributed by atoms with Crippen molar-refractivity contribution in [3.05, 3.63) is 63.6 Å². The van der Waals surface area contributed by atoms with Gasteiger partial charge in [0.1, 0.15) is 12.6 Å². The Morgan fingerprint density at radius 3 is 2.14 bits per heavy atom. The van der Waals surface area contributed by atoms with E-state index in [1.165, 1.54) is 23.1 Å². The zero-order chi connectivity index (χ0) is 26.3. The van der Waals surface area contributed by atoms with Crippen LogP contribution in [0.4, 0.5) is 5.69 Å². The lowest BCUT2D eigenvalue weighted by atomic mass is 10.1. The van der Waals surface area contributed by atoms with E-state index in [9.17, 15) is 18.0 Å². The Bertz CT molecular complexity index is 1140. The highest BCUT2D eigenvalue weighted by molar-refractivity contribution is 7.92. The van der Waals surface area contributed by atoms with Crippen molar-refractivity contribution < 1.29 is 18.0 Å². The fourth-order valence-corrected chi connectivity index (χ4v) is 4.98. The minimum Gasteiger partial charge on any atom is -0.352 e. The van der Waals surface area contributed by atoms with Crippen LogP contribution < -0.4 is 9.62 Å². The van der Waals surface area contributed by atoms with Gasteiger partial charge in [0, 0.05) is 22.6 Å². The smallest absolute Gasteiger partial charge is 0.244 e. The molecule has 7 nitrogen and oxygen atoms in total. The molecule has 0 fully saturated rings. The van der Waals surface area contributed by atoms with E-state index in [0.29, 0.717) is 6.42 Å². The van der Waals surface area contributed by atoms with Crippen LogP contribution >= 0.6 is 23.2 Å². The number of hydrogen-bond acceptors (Lipinski definition) is 4. The predicted octanol–water partition coefficient (Wildman–Crippen LogP) is 4.79. The van der Waals surface area contributed by atoms with Gasteiger partial charge in [0.15, 0.2) is 0 Å². The van der Waals surface area contributed by atoms with Gasteiger partial charge in [0.25, 0.3) is 0 Å². The zero-order valence-electron chi connectivity index (χ0n) is 20.7. The molecule has 0 spiro atoms. The van der Waals surface area contributed by atoms with Crippen LogP contribution in [0.2, 0.25) is 10.0 Å². The molecule has 10 heteroatoms. The molecule has 0 aliphatic carbocycles. The summed E-state index contributed by atoms with van der Waals surface area (Å²) in [6.07, 6.45) is 2.11. The van der Waals surface area contributed by atoms with Gasteiger partial charge in [0.05, 0.1) is 11.9 Å². The number of sulfonamides is 1. The van der Waals surface area contributed by atoms with Crippen molar-refractivity contribution in [1.29, 1.82) is 0 Å². The molecule has 0 aliphatic rings. The molecule has 1 N–H and O–H groups in total. The Morgan fingerprint density at radius 1 is 1.03 bits per heavy atom. The number of amides is 2. The van der Waals surface area contributed by atoms with Gasteiger partial charge in [-0.05, 0) is 56.0 Å². The van der Waals surface area contributed by atoms with Crippen LogP contribution in [0.25, 0.3) is 0 Å². The van der Waals surface area contributed by atoms with Gasteiger partial charge < -0.3 is 10.2 Å². The average Bonchev–Trinajstić information content (AvgIpc) is 2.76. The van der Waals surface area contributed by atoms with Crippen molar-refractivity contribution in [2.45, 2.75) is 59.2 Å². The highest BCUT2D eigenvalue weighted by Crippen LogP contribution is 2.27. The van der Waals surface area contributed by atoms with Crippen LogP contribution in [0.5, 0.6) is 0 Å². The van der Waals surface area contributed by atoms with Crippen molar-refractivity contribution in [2.24, 2.45) is 0 Å². The number of aryl methyl sites for hydroxylation is 1. The Labute approximate surface area is 218 Å². The molecule has 0 heterocycles. The third-order valence-corrected chi connectivity index (χ3v) is 7.38. The fourth-order valence-electron chi connectivity index (χ4n) is 3.63. The molecular formula is C25H33Cl2N3O4S. The normalized spacial score (nSPS) is 13.1. The monoisotopic (exact) mass is 541 g/mol. The number of anilines is 1. The van der Waals surface area contributed by atoms with Gasteiger partial charge in [0.2, 0.25) is 21.8 Å². The molecule has 0 radical (unpaired) electrons. The molecule has 2 aromatic carbocycles. The van der Waals surface area contributed by atoms with Crippen molar-refractivity contribution in [2.75, 3.05) is 17.1 Å². The highest BCUT2D eigenvalue weighted by atomic mass is 35.5. The molecule has 192 valence electrons. The molecule has 2 atom stereocenters. The third kappa shape index (κ3) is 8.12. The zero-order valence-corrected chi connectivity index (χ0v) is 23.0. The molecule has 2 unspecified atom stereocenters. The molecule has 2 aromatic rings. The predicted molar refractivity (Wildman–Crippen MR) is 142 cm³/mol. The summed E-state index contributed by atoms with van der Waals surface area (Å²) < 4.78 is 26.3. The van der Waals surface area contributed by atoms with E-state index in [-0.39, 0.29) is 34.2 Å². The SMILES string of the molecule is CCC(C)NC(=O)C(CC)N(Cc1ccccc1C)C(=O)CN(c1cc(Cl)cc(Cl)c1)S(C)(=O)=O. The number of nitrogens with one attached hydrogen (secondary N) is 1. The van der Waals surface area contributed by atoms with Crippen LogP contribution in [0.1, 0.15) is 44.7 Å². The highest BCUT2D eigenvalue weighted by Gasteiger charge is 2.32. The maximum atomic E-state index is 13.7. The van der Waals surface area contributed by atoms with Crippen molar-refractivity contribution >= 4 is 50.7 Å². The van der Waals surface area contributed by atoms with E-state index in [1.54, 1.807) is 0 Å². The minimum absolute atomic E-state index is 0.0620. The summed E-state index contributed by atoms with van der Waals surface area (Å²) in [5, 5.41) is 3.43. The number of carbonyl (C=O) groups excluding carboxylic acids is 2. The second kappa shape index (κ2) is 12.6. The maximum absolute atomic E-state index is 13.7. The summed E-state index contributed by atoms with van der Waals surface area (Å²) in [6.45, 7) is 7.26. The third-order valence-electron chi connectivity index (χ3n) is 5.80. The van der Waals surface area contributed by atoms with Gasteiger partial charge in [-0.3, -0.25) is 13.9 Å². The number of hydrogen-bond donors (Lipinski definition) is 1. The molecule has 0 aliphatic heterocycles. The van der Waals surface area contributed by atoms with Crippen LogP contribution in [-0.4, -0.2) is 50.0 Å². The van der Waals surface area contributed by atoms with Gasteiger partial charge in [-0.25, -0.2) is 8.42 Å². The van der Waals surface area contributed by atoms with E-state index in [4.69, 9.17) is 23.2 Å². The lowest BCUT2D eigenvalue weighted by Gasteiger charge is -2.33. The topological polar surface area (TPSA) is 86.8 Å². The first-order valence-electron chi connectivity index (χ1n) is 11.5. The van der Waals surface area contributed by atoms with Crippen LogP contribution in [0.3, 0.4) is 0 Å². The first kappa shape index (κ1) is 28.9.